The van der Waals surface area contributed by atoms with Gasteiger partial charge in [0, 0.05) is 12.8 Å². The second-order valence-corrected chi connectivity index (χ2v) is 12.0. The summed E-state index contributed by atoms with van der Waals surface area (Å²) in [5.41, 5.74) is 0.242. The highest BCUT2D eigenvalue weighted by Gasteiger charge is 2.14. The molecule has 0 rings (SSSR count). The number of ketones is 2. The Labute approximate surface area is 250 Å². The Kier molecular flexibility index (Phi) is 30.9. The normalized spacial score (nSPS) is 11.7. The van der Waals surface area contributed by atoms with Crippen LogP contribution >= 0.6 is 0 Å². The number of Topliss-reactive ketones (excluding diaryl/α,β-unsaturated/α-hetero) is 2. The lowest BCUT2D eigenvalue weighted by Gasteiger charge is -2.05. The molecular formula is C38H68O2. The molecule has 0 aliphatic heterocycles. The lowest BCUT2D eigenvalue weighted by Crippen LogP contribution is -2.11. The first-order valence-electron chi connectivity index (χ1n) is 17.7. The van der Waals surface area contributed by atoms with E-state index in [0.29, 0.717) is 12.8 Å². The number of allylic oxidation sites excluding steroid dienone is 5. The van der Waals surface area contributed by atoms with E-state index in [4.69, 9.17) is 0 Å². The highest BCUT2D eigenvalue weighted by Crippen LogP contribution is 2.14. The standard InChI is InChI=1S/C38H68O2/c1-4-6-8-10-12-14-16-18-20-22-24-26-28-30-32-34-37(39)36(3)38(40)35-33-31-29-27-25-23-21-19-17-15-13-11-9-7-5-2/h18-21H,3-17,22-35H2,1-2H3/b20-18-,21-19-. The van der Waals surface area contributed by atoms with Gasteiger partial charge in [-0.1, -0.05) is 147 Å². The van der Waals surface area contributed by atoms with Crippen LogP contribution in [0.25, 0.3) is 0 Å². The minimum Gasteiger partial charge on any atom is -0.294 e. The predicted molar refractivity (Wildman–Crippen MR) is 178 cm³/mol. The number of hydrogen-bond donors (Lipinski definition) is 0. The Balaban J connectivity index is 3.51. The molecule has 2 heteroatoms. The monoisotopic (exact) mass is 557 g/mol. The van der Waals surface area contributed by atoms with Crippen LogP contribution < -0.4 is 0 Å². The van der Waals surface area contributed by atoms with Gasteiger partial charge in [-0.25, -0.2) is 0 Å². The number of carbonyl (C=O) groups excluding carboxylic acids is 2. The second kappa shape index (κ2) is 32.1. The Morgan fingerprint density at radius 2 is 0.650 bits per heavy atom. The molecule has 2 nitrogen and oxygen atoms in total. The highest BCUT2D eigenvalue weighted by atomic mass is 16.1. The van der Waals surface area contributed by atoms with Gasteiger partial charge in [-0.3, -0.25) is 9.59 Å². The fourth-order valence-corrected chi connectivity index (χ4v) is 5.17. The van der Waals surface area contributed by atoms with E-state index in [1.54, 1.807) is 0 Å². The molecule has 232 valence electrons. The molecule has 0 aromatic heterocycles. The van der Waals surface area contributed by atoms with Crippen LogP contribution in [-0.2, 0) is 9.59 Å². The maximum Gasteiger partial charge on any atom is 0.165 e. The van der Waals surface area contributed by atoms with Crippen molar-refractivity contribution in [3.05, 3.63) is 36.5 Å². The summed E-state index contributed by atoms with van der Waals surface area (Å²) in [6, 6.07) is 0. The van der Waals surface area contributed by atoms with Crippen LogP contribution in [-0.4, -0.2) is 11.6 Å². The van der Waals surface area contributed by atoms with Crippen molar-refractivity contribution < 1.29 is 9.59 Å². The highest BCUT2D eigenvalue weighted by molar-refractivity contribution is 6.19. The number of hydrogen-bond acceptors (Lipinski definition) is 2. The smallest absolute Gasteiger partial charge is 0.165 e. The van der Waals surface area contributed by atoms with E-state index in [9.17, 15) is 9.59 Å². The van der Waals surface area contributed by atoms with Crippen molar-refractivity contribution in [1.29, 1.82) is 0 Å². The zero-order chi connectivity index (χ0) is 29.4. The summed E-state index contributed by atoms with van der Waals surface area (Å²) in [5.74, 6) is -0.0641. The molecule has 0 heterocycles. The number of unbranched alkanes of at least 4 members (excludes halogenated alkanes) is 22. The summed E-state index contributed by atoms with van der Waals surface area (Å²) in [7, 11) is 0. The zero-order valence-electron chi connectivity index (χ0n) is 27.1. The number of rotatable bonds is 32. The lowest BCUT2D eigenvalue weighted by molar-refractivity contribution is -0.121. The molecule has 0 N–H and O–H groups in total. The van der Waals surface area contributed by atoms with Gasteiger partial charge in [0.25, 0.3) is 0 Å². The van der Waals surface area contributed by atoms with Crippen molar-refractivity contribution in [3.63, 3.8) is 0 Å². The summed E-state index contributed by atoms with van der Waals surface area (Å²) in [6.07, 6.45) is 42.8. The van der Waals surface area contributed by atoms with Gasteiger partial charge in [0.1, 0.15) is 0 Å². The molecule has 0 aromatic carbocycles. The van der Waals surface area contributed by atoms with Crippen molar-refractivity contribution in [2.75, 3.05) is 0 Å². The largest absolute Gasteiger partial charge is 0.294 e. The molecule has 0 amide bonds. The first-order chi connectivity index (χ1) is 19.6. The molecular weight excluding hydrogens is 488 g/mol. The van der Waals surface area contributed by atoms with E-state index in [1.807, 2.05) is 0 Å². The van der Waals surface area contributed by atoms with Crippen LogP contribution in [0.1, 0.15) is 194 Å². The molecule has 0 radical (unpaired) electrons. The maximum absolute atomic E-state index is 12.3. The van der Waals surface area contributed by atoms with Gasteiger partial charge in [0.2, 0.25) is 0 Å². The minimum atomic E-state index is -0.0321. The third-order valence-corrected chi connectivity index (χ3v) is 8.00. The number of carbonyl (C=O) groups is 2. The Morgan fingerprint density at radius 3 is 0.950 bits per heavy atom. The Hall–Kier alpha value is -1.44. The molecule has 0 atom stereocenters. The molecule has 0 saturated carbocycles. The van der Waals surface area contributed by atoms with Crippen molar-refractivity contribution in [2.24, 2.45) is 0 Å². The van der Waals surface area contributed by atoms with Gasteiger partial charge in [-0.15, -0.1) is 0 Å². The molecule has 40 heavy (non-hydrogen) atoms. The van der Waals surface area contributed by atoms with Crippen molar-refractivity contribution >= 4 is 11.6 Å². The summed E-state index contributed by atoms with van der Waals surface area (Å²) in [6.45, 7) is 8.35. The summed E-state index contributed by atoms with van der Waals surface area (Å²) < 4.78 is 0. The fourth-order valence-electron chi connectivity index (χ4n) is 5.17. The second-order valence-electron chi connectivity index (χ2n) is 12.0. The zero-order valence-corrected chi connectivity index (χ0v) is 27.1. The molecule has 0 aliphatic rings. The third-order valence-electron chi connectivity index (χ3n) is 8.00. The summed E-state index contributed by atoms with van der Waals surface area (Å²) >= 11 is 0. The maximum atomic E-state index is 12.3. The first kappa shape index (κ1) is 38.6. The van der Waals surface area contributed by atoms with Gasteiger partial charge in [0.05, 0.1) is 5.57 Å². The van der Waals surface area contributed by atoms with Gasteiger partial charge < -0.3 is 0 Å². The molecule has 0 spiro atoms. The van der Waals surface area contributed by atoms with E-state index in [2.05, 4.69) is 44.7 Å². The Morgan fingerprint density at radius 1 is 0.400 bits per heavy atom. The van der Waals surface area contributed by atoms with Crippen molar-refractivity contribution in [3.8, 4) is 0 Å². The molecule has 0 aliphatic carbocycles. The van der Waals surface area contributed by atoms with Gasteiger partial charge in [-0.2, -0.15) is 0 Å². The van der Waals surface area contributed by atoms with Crippen LogP contribution in [0.3, 0.4) is 0 Å². The fraction of sp³-hybridized carbons (Fsp3) is 0.789. The van der Waals surface area contributed by atoms with E-state index < -0.39 is 0 Å². The van der Waals surface area contributed by atoms with E-state index in [1.165, 1.54) is 141 Å². The summed E-state index contributed by atoms with van der Waals surface area (Å²) in [4.78, 5) is 24.7. The van der Waals surface area contributed by atoms with Gasteiger partial charge >= 0.3 is 0 Å². The average Bonchev–Trinajstić information content (AvgIpc) is 2.96. The van der Waals surface area contributed by atoms with E-state index >= 15 is 0 Å². The average molecular weight is 557 g/mol. The van der Waals surface area contributed by atoms with Crippen molar-refractivity contribution in [1.82, 2.24) is 0 Å². The SMILES string of the molecule is C=C(C(=O)CCCCCCC/C=C\CCCCCCCC)C(=O)CCCCCCC/C=C\CCCCCCCC. The lowest BCUT2D eigenvalue weighted by atomic mass is 9.98. The minimum absolute atomic E-state index is 0.0321. The van der Waals surface area contributed by atoms with Crippen LogP contribution in [0.15, 0.2) is 36.5 Å². The molecule has 0 fully saturated rings. The predicted octanol–water partition coefficient (Wildman–Crippen LogP) is 12.8. The van der Waals surface area contributed by atoms with Crippen LogP contribution in [0, 0.1) is 0 Å². The van der Waals surface area contributed by atoms with Crippen LogP contribution in [0.2, 0.25) is 0 Å². The van der Waals surface area contributed by atoms with E-state index in [-0.39, 0.29) is 17.1 Å². The van der Waals surface area contributed by atoms with Crippen molar-refractivity contribution in [2.45, 2.75) is 194 Å². The van der Waals surface area contributed by atoms with Gasteiger partial charge in [0.15, 0.2) is 11.6 Å². The molecule has 0 unspecified atom stereocenters. The quantitative estimate of drug-likeness (QED) is 0.0271. The van der Waals surface area contributed by atoms with Crippen LogP contribution in [0.5, 0.6) is 0 Å². The summed E-state index contributed by atoms with van der Waals surface area (Å²) in [5, 5.41) is 0. The molecule has 0 aromatic rings. The van der Waals surface area contributed by atoms with Crippen LogP contribution in [0.4, 0.5) is 0 Å². The topological polar surface area (TPSA) is 34.1 Å². The molecule has 0 bridgehead atoms. The van der Waals surface area contributed by atoms with E-state index in [0.717, 1.165) is 25.7 Å². The Bertz CT molecular complexity index is 588. The third kappa shape index (κ3) is 28.1. The van der Waals surface area contributed by atoms with Gasteiger partial charge in [-0.05, 0) is 64.2 Å². The molecule has 0 saturated heterocycles. The first-order valence-corrected chi connectivity index (χ1v) is 17.7.